The van der Waals surface area contributed by atoms with Crippen molar-refractivity contribution in [1.29, 1.82) is 0 Å². The van der Waals surface area contributed by atoms with Crippen molar-refractivity contribution in [1.82, 2.24) is 9.55 Å². The van der Waals surface area contributed by atoms with Crippen LogP contribution in [-0.4, -0.2) is 68.0 Å². The highest BCUT2D eigenvalue weighted by Gasteiger charge is 2.78. The van der Waals surface area contributed by atoms with E-state index < -0.39 is 33.6 Å². The van der Waals surface area contributed by atoms with Gasteiger partial charge in [0.25, 0.3) is 0 Å². The standard InChI is InChI=1S/C58H76N2O6/c1-34-25-35(27-38(26-34)36-16-23-65-24-17-36)28-39-32-60-33-41-46-47(53(4,29-43(62)50-52(2,3)66-50)20-13-37-31-59-48(39)49(37)60)42(61)30-57(46)18-10-19-58(41,64)51-54(5)21-15-45(63)56(7,40-11-8-9-12-40)44(54)14-22-55(51,57)6/h10,19,25-27,31-32,36,40-41,43-44,50-51,59,62,64H,8-9,11-18,20-24,28-30,33H2,1-7H3/t41-,43-,44-,50-,51-,53+,54-,55+,56+,57+,58-/m1/s1. The monoisotopic (exact) mass is 897 g/mol. The summed E-state index contributed by atoms with van der Waals surface area (Å²) in [6, 6.07) is 7.15. The highest BCUT2D eigenvalue weighted by Crippen LogP contribution is 2.80. The Bertz CT molecular complexity index is 2580. The van der Waals surface area contributed by atoms with E-state index >= 15 is 4.79 Å². The number of aliphatic hydroxyl groups is 2. The van der Waals surface area contributed by atoms with Crippen LogP contribution in [0.4, 0.5) is 0 Å². The molecule has 3 aliphatic heterocycles. The normalized spacial score (nSPS) is 41.2. The van der Waals surface area contributed by atoms with Gasteiger partial charge in [0, 0.05) is 79.7 Å². The van der Waals surface area contributed by atoms with E-state index in [4.69, 9.17) is 9.47 Å². The number of carbonyl (C=O) groups is 2. The van der Waals surface area contributed by atoms with Crippen molar-refractivity contribution in [3.8, 4) is 0 Å². The minimum atomic E-state index is -1.27. The average molecular weight is 897 g/mol. The van der Waals surface area contributed by atoms with E-state index in [1.807, 2.05) is 0 Å². The molecule has 1 spiro atoms. The van der Waals surface area contributed by atoms with Crippen molar-refractivity contribution in [3.05, 3.63) is 81.7 Å². The Morgan fingerprint density at radius 2 is 1.70 bits per heavy atom. The third-order valence-corrected chi connectivity index (χ3v) is 21.4. The highest BCUT2D eigenvalue weighted by atomic mass is 16.6. The summed E-state index contributed by atoms with van der Waals surface area (Å²) in [4.78, 5) is 34.0. The van der Waals surface area contributed by atoms with Crippen LogP contribution >= 0.6 is 0 Å². The first-order valence-electron chi connectivity index (χ1n) is 26.3. The summed E-state index contributed by atoms with van der Waals surface area (Å²) < 4.78 is 14.3. The van der Waals surface area contributed by atoms with Crippen LogP contribution in [0.1, 0.15) is 165 Å². The van der Waals surface area contributed by atoms with Gasteiger partial charge in [-0.05, 0) is 153 Å². The summed E-state index contributed by atoms with van der Waals surface area (Å²) in [7, 11) is 0. The lowest BCUT2D eigenvalue weighted by Gasteiger charge is -2.73. The summed E-state index contributed by atoms with van der Waals surface area (Å²) in [5.74, 6) is 1.24. The Kier molecular flexibility index (Phi) is 9.73. The molecule has 3 N–H and O–H groups in total. The number of ketones is 2. The Morgan fingerprint density at radius 3 is 2.44 bits per heavy atom. The van der Waals surface area contributed by atoms with Crippen molar-refractivity contribution < 1.29 is 29.3 Å². The fraction of sp³-hybridized carbons (Fsp3) is 0.690. The number of ether oxygens (including phenoxy) is 2. The van der Waals surface area contributed by atoms with Crippen LogP contribution in [0.2, 0.25) is 0 Å². The molecule has 5 heterocycles. The minimum Gasteiger partial charge on any atom is -0.390 e. The lowest BCUT2D eigenvalue weighted by atomic mass is 9.31. The SMILES string of the molecule is Cc1cc(Cc2cn3c4c(c[nH]c24)CC[C@@](C)(C[C@@H](O)[C@H]2OC2(C)C)C2=C4[C@@H](C3)[C@]3(O)C=CC[C@@]4(CC2=O)[C@@]2(C)CC[C@@H]4[C@@](C)(CCC(=O)[C@@]4(C)C4CCCC4)[C@@H]32)cc(C2CCOCC2)c1. The van der Waals surface area contributed by atoms with Crippen LogP contribution in [0.25, 0.3) is 11.0 Å². The van der Waals surface area contributed by atoms with E-state index in [0.29, 0.717) is 49.8 Å². The molecule has 66 heavy (non-hydrogen) atoms. The fourth-order valence-electron chi connectivity index (χ4n) is 18.5. The van der Waals surface area contributed by atoms with Crippen molar-refractivity contribution in [2.45, 2.75) is 187 Å². The molecule has 0 unspecified atom stereocenters. The largest absolute Gasteiger partial charge is 0.390 e. The quantitative estimate of drug-likeness (QED) is 0.161. The van der Waals surface area contributed by atoms with Gasteiger partial charge in [-0.1, -0.05) is 76.5 Å². The maximum atomic E-state index is 15.6. The molecular formula is C58H76N2O6. The number of hydrogen-bond acceptors (Lipinski definition) is 6. The molecular weight excluding hydrogens is 821 g/mol. The van der Waals surface area contributed by atoms with Gasteiger partial charge in [-0.15, -0.1) is 0 Å². The topological polar surface area (TPSA) is 117 Å². The number of H-pyrrole nitrogens is 1. The van der Waals surface area contributed by atoms with Gasteiger partial charge in [0.2, 0.25) is 0 Å². The Hall–Kier alpha value is -3.30. The minimum absolute atomic E-state index is 0.141. The smallest absolute Gasteiger partial charge is 0.160 e. The van der Waals surface area contributed by atoms with Gasteiger partial charge in [-0.25, -0.2) is 0 Å². The summed E-state index contributed by atoms with van der Waals surface area (Å²) in [5, 5.41) is 26.7. The number of epoxide rings is 1. The van der Waals surface area contributed by atoms with E-state index in [-0.39, 0.29) is 40.5 Å². The first-order chi connectivity index (χ1) is 31.4. The van der Waals surface area contributed by atoms with Crippen LogP contribution in [0.5, 0.6) is 0 Å². The molecule has 6 fully saturated rings. The molecule has 7 aliphatic carbocycles. The number of nitrogens with one attached hydrogen (secondary N) is 1. The third-order valence-electron chi connectivity index (χ3n) is 21.4. The molecule has 10 aliphatic rings. The predicted molar refractivity (Wildman–Crippen MR) is 257 cm³/mol. The first-order valence-corrected chi connectivity index (χ1v) is 26.3. The molecule has 2 saturated heterocycles. The number of aromatic amines is 1. The van der Waals surface area contributed by atoms with Gasteiger partial charge in [-0.2, -0.15) is 0 Å². The molecule has 8 heteroatoms. The van der Waals surface area contributed by atoms with Gasteiger partial charge in [0.05, 0.1) is 28.3 Å². The summed E-state index contributed by atoms with van der Waals surface area (Å²) in [6.07, 6.45) is 21.9. The number of rotatable bonds is 7. The summed E-state index contributed by atoms with van der Waals surface area (Å²) >= 11 is 0. The van der Waals surface area contributed by atoms with Crippen molar-refractivity contribution in [2.24, 2.45) is 50.7 Å². The second-order valence-corrected chi connectivity index (χ2v) is 25.3. The van der Waals surface area contributed by atoms with Crippen LogP contribution in [-0.2, 0) is 38.4 Å². The molecule has 354 valence electrons. The van der Waals surface area contributed by atoms with Gasteiger partial charge >= 0.3 is 0 Å². The maximum absolute atomic E-state index is 15.6. The fourth-order valence-corrected chi connectivity index (χ4v) is 18.5. The third kappa shape index (κ3) is 5.95. The first kappa shape index (κ1) is 43.9. The number of hydrogen-bond donors (Lipinski definition) is 3. The maximum Gasteiger partial charge on any atom is 0.160 e. The number of Topliss-reactive ketones (excluding diaryl/α,β-unsaturated/α-hetero) is 2. The van der Waals surface area contributed by atoms with E-state index in [9.17, 15) is 15.0 Å². The number of aromatic nitrogens is 2. The Balaban J connectivity index is 1.04. The molecule has 11 atom stereocenters. The number of aryl methyl sites for hydroxylation is 2. The number of aliphatic hydroxyl groups excluding tert-OH is 1. The number of benzene rings is 1. The van der Waals surface area contributed by atoms with Gasteiger partial charge in [0.1, 0.15) is 11.9 Å². The van der Waals surface area contributed by atoms with E-state index in [0.717, 1.165) is 88.5 Å². The number of allylic oxidation sites excluding steroid dienone is 2. The number of fused-ring (bicyclic) bond motifs is 2. The zero-order valence-electron chi connectivity index (χ0n) is 41.0. The van der Waals surface area contributed by atoms with Crippen LogP contribution in [0.15, 0.2) is 53.9 Å². The van der Waals surface area contributed by atoms with Gasteiger partial charge in [0.15, 0.2) is 5.78 Å². The molecule has 0 amide bonds. The zero-order chi connectivity index (χ0) is 46.0. The molecule has 4 saturated carbocycles. The zero-order valence-corrected chi connectivity index (χ0v) is 41.0. The number of nitrogens with zero attached hydrogens (tertiary/aromatic N) is 1. The molecule has 0 radical (unpaired) electrons. The van der Waals surface area contributed by atoms with Gasteiger partial charge in [-0.3, -0.25) is 9.59 Å². The lowest BCUT2D eigenvalue weighted by molar-refractivity contribution is -0.249. The lowest BCUT2D eigenvalue weighted by Crippen LogP contribution is -2.72. The van der Waals surface area contributed by atoms with Crippen LogP contribution < -0.4 is 0 Å². The Morgan fingerprint density at radius 1 is 0.939 bits per heavy atom. The molecule has 1 aromatic carbocycles. The van der Waals surface area contributed by atoms with E-state index in [1.165, 1.54) is 51.7 Å². The van der Waals surface area contributed by atoms with Crippen molar-refractivity contribution >= 4 is 22.6 Å². The number of carbonyl (C=O) groups excluding carboxylic acids is 2. The molecule has 8 nitrogen and oxygen atoms in total. The summed E-state index contributed by atoms with van der Waals surface area (Å²) in [6.45, 7) is 18.1. The molecule has 2 aromatic heterocycles. The average Bonchev–Trinajstić information content (AvgIpc) is 3.78. The van der Waals surface area contributed by atoms with Crippen LogP contribution in [0, 0.1) is 57.7 Å². The second kappa shape index (κ2) is 14.6. The van der Waals surface area contributed by atoms with E-state index in [2.05, 4.69) is 101 Å². The van der Waals surface area contributed by atoms with Crippen LogP contribution in [0.3, 0.4) is 0 Å². The van der Waals surface area contributed by atoms with Gasteiger partial charge < -0.3 is 29.2 Å². The second-order valence-electron chi connectivity index (χ2n) is 25.3. The molecule has 13 rings (SSSR count). The molecule has 2 bridgehead atoms. The van der Waals surface area contributed by atoms with Crippen molar-refractivity contribution in [2.75, 3.05) is 13.2 Å². The van der Waals surface area contributed by atoms with E-state index in [1.54, 1.807) is 0 Å². The summed E-state index contributed by atoms with van der Waals surface area (Å²) in [5.41, 5.74) is 7.07. The highest BCUT2D eigenvalue weighted by molar-refractivity contribution is 6.02. The van der Waals surface area contributed by atoms with Crippen molar-refractivity contribution in [3.63, 3.8) is 0 Å². The predicted octanol–water partition coefficient (Wildman–Crippen LogP) is 10.8. The Labute approximate surface area is 392 Å². The molecule has 3 aromatic rings.